The van der Waals surface area contributed by atoms with Crippen LogP contribution in [0.4, 0.5) is 11.4 Å². The minimum absolute atomic E-state index is 0.108. The Morgan fingerprint density at radius 2 is 2.23 bits per heavy atom. The molecule has 3 N–H and O–H groups in total. The molecular formula is C9H13ClN2O. The fraction of sp³-hybridized carbons (Fsp3) is 0.333. The van der Waals surface area contributed by atoms with Crippen molar-refractivity contribution in [3.05, 3.63) is 23.2 Å². The summed E-state index contributed by atoms with van der Waals surface area (Å²) < 4.78 is 0. The quantitative estimate of drug-likeness (QED) is 0.725. The van der Waals surface area contributed by atoms with Crippen LogP contribution in [0.5, 0.6) is 0 Å². The Morgan fingerprint density at radius 3 is 2.77 bits per heavy atom. The molecule has 0 amide bonds. The minimum atomic E-state index is 0.108. The lowest BCUT2D eigenvalue weighted by Crippen LogP contribution is -2.21. The van der Waals surface area contributed by atoms with E-state index >= 15 is 0 Å². The molecule has 4 heteroatoms. The number of nitrogens with zero attached hydrogens (tertiary/aromatic N) is 1. The number of aliphatic hydroxyl groups is 1. The van der Waals surface area contributed by atoms with Crippen molar-refractivity contribution >= 4 is 23.0 Å². The molecule has 0 aromatic heterocycles. The van der Waals surface area contributed by atoms with Gasteiger partial charge in [-0.15, -0.1) is 0 Å². The predicted octanol–water partition coefficient (Wildman–Crippen LogP) is 1.35. The molecule has 0 saturated heterocycles. The molecule has 13 heavy (non-hydrogen) atoms. The molecule has 0 heterocycles. The van der Waals surface area contributed by atoms with Crippen molar-refractivity contribution in [2.75, 3.05) is 30.8 Å². The molecule has 0 radical (unpaired) electrons. The highest BCUT2D eigenvalue weighted by atomic mass is 35.5. The molecule has 0 aliphatic rings. The first-order valence-corrected chi connectivity index (χ1v) is 4.40. The Kier molecular flexibility index (Phi) is 3.39. The lowest BCUT2D eigenvalue weighted by Gasteiger charge is -2.19. The highest BCUT2D eigenvalue weighted by Crippen LogP contribution is 2.26. The summed E-state index contributed by atoms with van der Waals surface area (Å²) in [7, 11) is 1.87. The normalized spacial score (nSPS) is 10.1. The van der Waals surface area contributed by atoms with Gasteiger partial charge in [0.05, 0.1) is 17.3 Å². The van der Waals surface area contributed by atoms with Crippen molar-refractivity contribution in [3.8, 4) is 0 Å². The van der Waals surface area contributed by atoms with E-state index in [2.05, 4.69) is 0 Å². The van der Waals surface area contributed by atoms with Gasteiger partial charge in [0.15, 0.2) is 0 Å². The monoisotopic (exact) mass is 200 g/mol. The second kappa shape index (κ2) is 4.35. The van der Waals surface area contributed by atoms with Crippen molar-refractivity contribution in [1.82, 2.24) is 0 Å². The second-order valence-corrected chi connectivity index (χ2v) is 3.26. The van der Waals surface area contributed by atoms with E-state index in [1.165, 1.54) is 0 Å². The zero-order valence-corrected chi connectivity index (χ0v) is 8.25. The van der Waals surface area contributed by atoms with Crippen LogP contribution in [0.3, 0.4) is 0 Å². The lowest BCUT2D eigenvalue weighted by molar-refractivity contribution is 0.304. The van der Waals surface area contributed by atoms with Gasteiger partial charge < -0.3 is 15.7 Å². The fourth-order valence-electron chi connectivity index (χ4n) is 1.10. The van der Waals surface area contributed by atoms with Crippen molar-refractivity contribution < 1.29 is 5.11 Å². The predicted molar refractivity (Wildman–Crippen MR) is 56.2 cm³/mol. The van der Waals surface area contributed by atoms with Gasteiger partial charge in [0.25, 0.3) is 0 Å². The minimum Gasteiger partial charge on any atom is -0.399 e. The molecule has 1 aromatic rings. The van der Waals surface area contributed by atoms with Crippen molar-refractivity contribution in [2.45, 2.75) is 0 Å². The van der Waals surface area contributed by atoms with Crippen LogP contribution in [-0.2, 0) is 0 Å². The van der Waals surface area contributed by atoms with Gasteiger partial charge in [-0.2, -0.15) is 0 Å². The highest BCUT2D eigenvalue weighted by molar-refractivity contribution is 6.33. The van der Waals surface area contributed by atoms with E-state index < -0.39 is 0 Å². The summed E-state index contributed by atoms with van der Waals surface area (Å²) in [6.45, 7) is 0.668. The number of anilines is 2. The molecule has 0 aliphatic carbocycles. The molecule has 0 bridgehead atoms. The van der Waals surface area contributed by atoms with Crippen LogP contribution in [0.2, 0.25) is 5.02 Å². The van der Waals surface area contributed by atoms with E-state index in [0.717, 1.165) is 5.69 Å². The lowest BCUT2D eigenvalue weighted by atomic mass is 10.2. The third-order valence-corrected chi connectivity index (χ3v) is 2.12. The Hall–Kier alpha value is -0.930. The van der Waals surface area contributed by atoms with Gasteiger partial charge in [0.1, 0.15) is 0 Å². The summed E-state index contributed by atoms with van der Waals surface area (Å²) in [6.07, 6.45) is 0. The summed E-state index contributed by atoms with van der Waals surface area (Å²) in [5.41, 5.74) is 7.07. The standard InChI is InChI=1S/C9H13ClN2O/c1-12(4-5-13)9-3-2-7(11)6-8(9)10/h2-3,6,13H,4-5,11H2,1H3. The summed E-state index contributed by atoms with van der Waals surface area (Å²) in [6, 6.07) is 5.33. The maximum Gasteiger partial charge on any atom is 0.0659 e. The molecule has 0 aliphatic heterocycles. The maximum absolute atomic E-state index is 8.73. The third kappa shape index (κ3) is 2.50. The van der Waals surface area contributed by atoms with Gasteiger partial charge in [-0.3, -0.25) is 0 Å². The van der Waals surface area contributed by atoms with Crippen LogP contribution in [0.1, 0.15) is 0 Å². The number of aliphatic hydroxyl groups excluding tert-OH is 1. The summed E-state index contributed by atoms with van der Waals surface area (Å²) in [5.74, 6) is 0. The largest absolute Gasteiger partial charge is 0.399 e. The Bertz CT molecular complexity index is 291. The zero-order valence-electron chi connectivity index (χ0n) is 7.50. The number of rotatable bonds is 3. The van der Waals surface area contributed by atoms with Crippen LogP contribution in [0.25, 0.3) is 0 Å². The van der Waals surface area contributed by atoms with Gasteiger partial charge >= 0.3 is 0 Å². The Morgan fingerprint density at radius 1 is 1.54 bits per heavy atom. The van der Waals surface area contributed by atoms with Crippen LogP contribution < -0.4 is 10.6 Å². The van der Waals surface area contributed by atoms with Gasteiger partial charge in [0.2, 0.25) is 0 Å². The van der Waals surface area contributed by atoms with E-state index in [-0.39, 0.29) is 6.61 Å². The number of benzene rings is 1. The number of nitrogen functional groups attached to an aromatic ring is 1. The SMILES string of the molecule is CN(CCO)c1ccc(N)cc1Cl. The number of hydrogen-bond acceptors (Lipinski definition) is 3. The second-order valence-electron chi connectivity index (χ2n) is 2.86. The van der Waals surface area contributed by atoms with Gasteiger partial charge in [-0.25, -0.2) is 0 Å². The van der Waals surface area contributed by atoms with Gasteiger partial charge in [0, 0.05) is 19.3 Å². The van der Waals surface area contributed by atoms with Crippen LogP contribution in [0.15, 0.2) is 18.2 Å². The average molecular weight is 201 g/mol. The Balaban J connectivity index is 2.88. The smallest absolute Gasteiger partial charge is 0.0659 e. The molecule has 1 rings (SSSR count). The number of likely N-dealkylation sites (N-methyl/N-ethyl adjacent to an activating group) is 1. The molecule has 0 fully saturated rings. The molecule has 0 atom stereocenters. The van der Waals surface area contributed by atoms with E-state index in [4.69, 9.17) is 22.4 Å². The molecule has 0 spiro atoms. The van der Waals surface area contributed by atoms with Gasteiger partial charge in [-0.05, 0) is 18.2 Å². The van der Waals surface area contributed by atoms with Crippen molar-refractivity contribution in [2.24, 2.45) is 0 Å². The highest BCUT2D eigenvalue weighted by Gasteiger charge is 2.04. The maximum atomic E-state index is 8.73. The molecule has 0 saturated carbocycles. The Labute approximate surface area is 82.7 Å². The van der Waals surface area contributed by atoms with Crippen molar-refractivity contribution in [3.63, 3.8) is 0 Å². The molecule has 72 valence electrons. The third-order valence-electron chi connectivity index (χ3n) is 1.82. The van der Waals surface area contributed by atoms with Gasteiger partial charge in [-0.1, -0.05) is 11.6 Å². The zero-order chi connectivity index (χ0) is 9.84. The fourth-order valence-corrected chi connectivity index (χ4v) is 1.44. The molecule has 1 aromatic carbocycles. The topological polar surface area (TPSA) is 49.5 Å². The summed E-state index contributed by atoms with van der Waals surface area (Å²) >= 11 is 5.96. The first-order valence-electron chi connectivity index (χ1n) is 4.02. The molecule has 3 nitrogen and oxygen atoms in total. The molecule has 0 unspecified atom stereocenters. The van der Waals surface area contributed by atoms with E-state index in [1.807, 2.05) is 18.0 Å². The number of halogens is 1. The van der Waals surface area contributed by atoms with E-state index in [9.17, 15) is 0 Å². The first-order chi connectivity index (χ1) is 6.15. The number of hydrogen-bond donors (Lipinski definition) is 2. The summed E-state index contributed by atoms with van der Waals surface area (Å²) in [4.78, 5) is 1.88. The van der Waals surface area contributed by atoms with Crippen LogP contribution in [0, 0.1) is 0 Å². The summed E-state index contributed by atoms with van der Waals surface area (Å²) in [5, 5.41) is 9.34. The van der Waals surface area contributed by atoms with Crippen LogP contribution in [-0.4, -0.2) is 25.3 Å². The van der Waals surface area contributed by atoms with E-state index in [1.54, 1.807) is 12.1 Å². The average Bonchev–Trinajstić information content (AvgIpc) is 2.04. The van der Waals surface area contributed by atoms with Crippen LogP contribution >= 0.6 is 11.6 Å². The van der Waals surface area contributed by atoms with Crippen molar-refractivity contribution in [1.29, 1.82) is 0 Å². The first kappa shape index (κ1) is 10.2. The van der Waals surface area contributed by atoms with E-state index in [0.29, 0.717) is 17.3 Å². The number of nitrogens with two attached hydrogens (primary N) is 1. The molecular weight excluding hydrogens is 188 g/mol.